The number of nitrogens with one attached hydrogen (secondary N) is 1. The molecule has 2 aromatic heterocycles. The molecule has 0 saturated carbocycles. The fraction of sp³-hybridized carbons (Fsp3) is 0.600. The zero-order valence-electron chi connectivity index (χ0n) is 12.2. The van der Waals surface area contributed by atoms with Crippen LogP contribution >= 0.6 is 11.3 Å². The summed E-state index contributed by atoms with van der Waals surface area (Å²) in [5, 5.41) is 4.63. The third-order valence-electron chi connectivity index (χ3n) is 3.91. The molecule has 3 heterocycles. The van der Waals surface area contributed by atoms with Crippen LogP contribution in [0.4, 0.5) is 5.82 Å². The summed E-state index contributed by atoms with van der Waals surface area (Å²) >= 11 is 1.73. The third-order valence-corrected chi connectivity index (χ3v) is 4.87. The van der Waals surface area contributed by atoms with Crippen molar-refractivity contribution in [1.82, 2.24) is 14.9 Å². The second kappa shape index (κ2) is 6.06. The normalized spacial score (nSPS) is 20.4. The minimum atomic E-state index is 0.842. The van der Waals surface area contributed by atoms with E-state index in [1.54, 1.807) is 17.7 Å². The average molecular weight is 290 g/mol. The molecule has 0 aliphatic carbocycles. The van der Waals surface area contributed by atoms with Gasteiger partial charge in [0.15, 0.2) is 0 Å². The van der Waals surface area contributed by atoms with Crippen molar-refractivity contribution >= 4 is 27.4 Å². The van der Waals surface area contributed by atoms with Gasteiger partial charge in [-0.1, -0.05) is 6.92 Å². The lowest BCUT2D eigenvalue weighted by Gasteiger charge is -2.30. The summed E-state index contributed by atoms with van der Waals surface area (Å²) in [7, 11) is 0. The van der Waals surface area contributed by atoms with Crippen molar-refractivity contribution in [2.75, 3.05) is 31.5 Å². The van der Waals surface area contributed by atoms with Gasteiger partial charge in [-0.3, -0.25) is 0 Å². The lowest BCUT2D eigenvalue weighted by molar-refractivity contribution is 0.190. The first-order valence-corrected chi connectivity index (χ1v) is 8.21. The van der Waals surface area contributed by atoms with E-state index in [9.17, 15) is 0 Å². The molecule has 1 fully saturated rings. The van der Waals surface area contributed by atoms with E-state index in [0.29, 0.717) is 0 Å². The molecule has 108 valence electrons. The Hall–Kier alpha value is -1.20. The van der Waals surface area contributed by atoms with Crippen LogP contribution in [0, 0.1) is 12.8 Å². The van der Waals surface area contributed by atoms with Gasteiger partial charge in [0.2, 0.25) is 0 Å². The lowest BCUT2D eigenvalue weighted by Crippen LogP contribution is -2.37. The van der Waals surface area contributed by atoms with Crippen molar-refractivity contribution in [1.29, 1.82) is 0 Å². The molecular formula is C15H22N4S. The molecule has 1 atom stereocenters. The first kappa shape index (κ1) is 13.8. The fourth-order valence-electron chi connectivity index (χ4n) is 2.94. The van der Waals surface area contributed by atoms with Crippen LogP contribution in [-0.2, 0) is 0 Å². The number of hydrogen-bond acceptors (Lipinski definition) is 5. The summed E-state index contributed by atoms with van der Waals surface area (Å²) in [6.45, 7) is 8.99. The number of anilines is 1. The van der Waals surface area contributed by atoms with Crippen molar-refractivity contribution in [2.24, 2.45) is 5.92 Å². The number of likely N-dealkylation sites (tertiary alicyclic amines) is 1. The standard InChI is InChI=1S/C15H22N4S/c1-11-4-3-6-19(9-11)7-5-16-14-13-8-12(2)20-15(13)18-10-17-14/h8,10-11H,3-7,9H2,1-2H3,(H,16,17,18). The largest absolute Gasteiger partial charge is 0.368 e. The molecule has 2 aromatic rings. The van der Waals surface area contributed by atoms with E-state index in [4.69, 9.17) is 0 Å². The number of thiophene rings is 1. The van der Waals surface area contributed by atoms with Gasteiger partial charge in [0.25, 0.3) is 0 Å². The Morgan fingerprint density at radius 1 is 1.45 bits per heavy atom. The van der Waals surface area contributed by atoms with Crippen LogP contribution in [0.2, 0.25) is 0 Å². The van der Waals surface area contributed by atoms with Crippen LogP contribution in [0.3, 0.4) is 0 Å². The van der Waals surface area contributed by atoms with Crippen molar-refractivity contribution in [3.8, 4) is 0 Å². The molecule has 1 saturated heterocycles. The summed E-state index contributed by atoms with van der Waals surface area (Å²) in [6.07, 6.45) is 4.37. The highest BCUT2D eigenvalue weighted by Gasteiger charge is 2.15. The van der Waals surface area contributed by atoms with Crippen molar-refractivity contribution in [2.45, 2.75) is 26.7 Å². The summed E-state index contributed by atoms with van der Waals surface area (Å²) < 4.78 is 0. The molecule has 3 rings (SSSR count). The third kappa shape index (κ3) is 3.10. The zero-order chi connectivity index (χ0) is 13.9. The Balaban J connectivity index is 1.59. The minimum Gasteiger partial charge on any atom is -0.368 e. The van der Waals surface area contributed by atoms with Crippen LogP contribution in [0.1, 0.15) is 24.6 Å². The van der Waals surface area contributed by atoms with Gasteiger partial charge in [0, 0.05) is 24.5 Å². The molecule has 1 aliphatic heterocycles. The summed E-state index contributed by atoms with van der Waals surface area (Å²) in [4.78, 5) is 13.6. The molecule has 0 bridgehead atoms. The average Bonchev–Trinajstić information content (AvgIpc) is 2.80. The number of aryl methyl sites for hydroxylation is 1. The number of piperidine rings is 1. The Morgan fingerprint density at radius 2 is 2.35 bits per heavy atom. The second-order valence-electron chi connectivity index (χ2n) is 5.77. The van der Waals surface area contributed by atoms with Crippen LogP contribution in [0.5, 0.6) is 0 Å². The number of fused-ring (bicyclic) bond motifs is 1. The van der Waals surface area contributed by atoms with Gasteiger partial charge in [0.05, 0.1) is 5.39 Å². The molecule has 4 nitrogen and oxygen atoms in total. The van der Waals surface area contributed by atoms with Crippen LogP contribution in [-0.4, -0.2) is 41.0 Å². The highest BCUT2D eigenvalue weighted by atomic mass is 32.1. The Kier molecular flexibility index (Phi) is 4.17. The van der Waals surface area contributed by atoms with Gasteiger partial charge in [-0.25, -0.2) is 9.97 Å². The SMILES string of the molecule is Cc1cc2c(NCCN3CCCC(C)C3)ncnc2s1. The zero-order valence-corrected chi connectivity index (χ0v) is 13.0. The van der Waals surface area contributed by atoms with Gasteiger partial charge in [-0.2, -0.15) is 0 Å². The van der Waals surface area contributed by atoms with E-state index < -0.39 is 0 Å². The molecule has 0 spiro atoms. The molecule has 1 N–H and O–H groups in total. The number of aromatic nitrogens is 2. The van der Waals surface area contributed by atoms with Gasteiger partial charge in [-0.05, 0) is 38.3 Å². The molecule has 5 heteroatoms. The molecule has 0 amide bonds. The summed E-state index contributed by atoms with van der Waals surface area (Å²) in [5.41, 5.74) is 0. The van der Waals surface area contributed by atoms with Crippen molar-refractivity contribution in [3.05, 3.63) is 17.3 Å². The van der Waals surface area contributed by atoms with Crippen LogP contribution in [0.15, 0.2) is 12.4 Å². The van der Waals surface area contributed by atoms with E-state index in [0.717, 1.165) is 35.0 Å². The van der Waals surface area contributed by atoms with E-state index in [-0.39, 0.29) is 0 Å². The van der Waals surface area contributed by atoms with E-state index in [2.05, 4.69) is 40.1 Å². The van der Waals surface area contributed by atoms with E-state index in [1.807, 2.05) is 0 Å². The smallest absolute Gasteiger partial charge is 0.138 e. The maximum absolute atomic E-state index is 4.38. The maximum atomic E-state index is 4.38. The molecule has 0 aromatic carbocycles. The van der Waals surface area contributed by atoms with E-state index >= 15 is 0 Å². The first-order chi connectivity index (χ1) is 9.72. The van der Waals surface area contributed by atoms with Gasteiger partial charge >= 0.3 is 0 Å². The van der Waals surface area contributed by atoms with Gasteiger partial charge in [0.1, 0.15) is 17.0 Å². The Morgan fingerprint density at radius 3 is 3.20 bits per heavy atom. The maximum Gasteiger partial charge on any atom is 0.138 e. The van der Waals surface area contributed by atoms with Crippen LogP contribution < -0.4 is 5.32 Å². The monoisotopic (exact) mass is 290 g/mol. The highest BCUT2D eigenvalue weighted by Crippen LogP contribution is 2.27. The molecular weight excluding hydrogens is 268 g/mol. The number of nitrogens with zero attached hydrogens (tertiary/aromatic N) is 3. The Labute approximate surface area is 124 Å². The molecule has 1 aliphatic rings. The molecule has 20 heavy (non-hydrogen) atoms. The first-order valence-electron chi connectivity index (χ1n) is 7.40. The predicted molar refractivity (Wildman–Crippen MR) is 85.5 cm³/mol. The van der Waals surface area contributed by atoms with Crippen molar-refractivity contribution in [3.63, 3.8) is 0 Å². The number of hydrogen-bond donors (Lipinski definition) is 1. The number of rotatable bonds is 4. The topological polar surface area (TPSA) is 41.0 Å². The Bertz CT molecular complexity index is 580. The van der Waals surface area contributed by atoms with Gasteiger partial charge in [-0.15, -0.1) is 11.3 Å². The summed E-state index contributed by atoms with van der Waals surface area (Å²) in [5.74, 6) is 1.82. The quantitative estimate of drug-likeness (QED) is 0.939. The van der Waals surface area contributed by atoms with E-state index in [1.165, 1.54) is 30.8 Å². The van der Waals surface area contributed by atoms with Crippen molar-refractivity contribution < 1.29 is 0 Å². The van der Waals surface area contributed by atoms with Gasteiger partial charge < -0.3 is 10.2 Å². The highest BCUT2D eigenvalue weighted by molar-refractivity contribution is 7.18. The second-order valence-corrected chi connectivity index (χ2v) is 7.01. The molecule has 0 radical (unpaired) electrons. The van der Waals surface area contributed by atoms with Crippen LogP contribution in [0.25, 0.3) is 10.2 Å². The molecule has 1 unspecified atom stereocenters. The lowest BCUT2D eigenvalue weighted by atomic mass is 10.0. The fourth-order valence-corrected chi connectivity index (χ4v) is 3.79. The predicted octanol–water partition coefficient (Wildman–Crippen LogP) is 3.14. The summed E-state index contributed by atoms with van der Waals surface area (Å²) in [6, 6.07) is 2.17. The minimum absolute atomic E-state index is 0.842.